The number of hydrogen-bond donors (Lipinski definition) is 3. The van der Waals surface area contributed by atoms with Gasteiger partial charge in [0.15, 0.2) is 5.88 Å². The lowest BCUT2D eigenvalue weighted by molar-refractivity contribution is -0.114. The van der Waals surface area contributed by atoms with Crippen LogP contribution >= 0.6 is 0 Å². The summed E-state index contributed by atoms with van der Waals surface area (Å²) in [5, 5.41) is 13.6. The molecule has 1 aromatic heterocycles. The quantitative estimate of drug-likeness (QED) is 0.641. The van der Waals surface area contributed by atoms with E-state index in [9.17, 15) is 9.90 Å². The summed E-state index contributed by atoms with van der Waals surface area (Å²) in [7, 11) is 1.60. The largest absolute Gasteiger partial charge is 0.497 e. The first kappa shape index (κ1) is 15.6. The molecule has 0 radical (unpaired) electrons. The maximum Gasteiger partial charge on any atom is 0.221 e. The number of aliphatic imine (C=N–C) groups is 1. The summed E-state index contributed by atoms with van der Waals surface area (Å²) in [5.41, 5.74) is 2.81. The number of aromatic amines is 1. The molecule has 122 valence electrons. The van der Waals surface area contributed by atoms with Crippen LogP contribution in [0.25, 0.3) is 10.9 Å². The molecule has 0 fully saturated rings. The van der Waals surface area contributed by atoms with Crippen LogP contribution in [-0.2, 0) is 4.79 Å². The molecule has 0 aliphatic carbocycles. The maximum absolute atomic E-state index is 11.0. The highest BCUT2D eigenvalue weighted by atomic mass is 16.5. The van der Waals surface area contributed by atoms with Crippen molar-refractivity contribution in [2.45, 2.75) is 6.92 Å². The first-order chi connectivity index (χ1) is 11.6. The molecule has 0 saturated carbocycles. The summed E-state index contributed by atoms with van der Waals surface area (Å²) in [6, 6.07) is 12.6. The summed E-state index contributed by atoms with van der Waals surface area (Å²) in [5.74, 6) is 0.636. The van der Waals surface area contributed by atoms with Crippen molar-refractivity contribution in [3.05, 3.63) is 48.0 Å². The van der Waals surface area contributed by atoms with E-state index in [1.165, 1.54) is 6.92 Å². The topological polar surface area (TPSA) is 86.7 Å². The van der Waals surface area contributed by atoms with Gasteiger partial charge in [0, 0.05) is 29.7 Å². The van der Waals surface area contributed by atoms with E-state index < -0.39 is 0 Å². The van der Waals surface area contributed by atoms with E-state index in [0.717, 1.165) is 10.9 Å². The number of methoxy groups -OCH3 is 1. The van der Waals surface area contributed by atoms with Crippen molar-refractivity contribution in [1.29, 1.82) is 0 Å². The van der Waals surface area contributed by atoms with Crippen LogP contribution in [-0.4, -0.2) is 29.3 Å². The standard InChI is InChI=1S/C18H17N3O3/c1-11(22)20-13-5-3-12(4-6-13)19-10-16-15-9-14(24-2)7-8-17(15)21-18(16)23/h3-10,21,23H,1-2H3,(H,20,22). The number of anilines is 1. The zero-order valence-corrected chi connectivity index (χ0v) is 13.3. The van der Waals surface area contributed by atoms with E-state index in [0.29, 0.717) is 22.7 Å². The van der Waals surface area contributed by atoms with E-state index in [4.69, 9.17) is 4.74 Å². The van der Waals surface area contributed by atoms with Crippen LogP contribution in [0.15, 0.2) is 47.5 Å². The number of carbonyl (C=O) groups excluding carboxylic acids is 1. The van der Waals surface area contributed by atoms with Gasteiger partial charge >= 0.3 is 0 Å². The molecule has 1 heterocycles. The highest BCUT2D eigenvalue weighted by molar-refractivity contribution is 6.03. The molecule has 24 heavy (non-hydrogen) atoms. The minimum absolute atomic E-state index is 0.0527. The van der Waals surface area contributed by atoms with Crippen molar-refractivity contribution in [3.8, 4) is 11.6 Å². The molecule has 0 aliphatic heterocycles. The number of rotatable bonds is 4. The van der Waals surface area contributed by atoms with Gasteiger partial charge in [-0.1, -0.05) is 0 Å². The van der Waals surface area contributed by atoms with Crippen molar-refractivity contribution in [3.63, 3.8) is 0 Å². The summed E-state index contributed by atoms with van der Waals surface area (Å²) in [6.07, 6.45) is 1.60. The number of H-pyrrole nitrogens is 1. The molecule has 3 N–H and O–H groups in total. The third-order valence-corrected chi connectivity index (χ3v) is 3.56. The van der Waals surface area contributed by atoms with Crippen LogP contribution in [0.3, 0.4) is 0 Å². The van der Waals surface area contributed by atoms with Crippen LogP contribution in [0.2, 0.25) is 0 Å². The number of aromatic nitrogens is 1. The van der Waals surface area contributed by atoms with Gasteiger partial charge in [0.25, 0.3) is 0 Å². The third-order valence-electron chi connectivity index (χ3n) is 3.56. The van der Waals surface area contributed by atoms with Crippen molar-refractivity contribution < 1.29 is 14.6 Å². The molecule has 6 heteroatoms. The Balaban J connectivity index is 1.89. The second kappa shape index (κ2) is 6.45. The van der Waals surface area contributed by atoms with E-state index in [-0.39, 0.29) is 11.8 Å². The third kappa shape index (κ3) is 3.22. The number of nitrogens with one attached hydrogen (secondary N) is 2. The van der Waals surface area contributed by atoms with Crippen LogP contribution in [0.1, 0.15) is 12.5 Å². The molecule has 1 amide bonds. The first-order valence-corrected chi connectivity index (χ1v) is 7.37. The van der Waals surface area contributed by atoms with Gasteiger partial charge < -0.3 is 20.1 Å². The SMILES string of the molecule is COc1ccc2[nH]c(O)c(C=Nc3ccc(NC(C)=O)cc3)c2c1. The monoisotopic (exact) mass is 323 g/mol. The molecular weight excluding hydrogens is 306 g/mol. The minimum atomic E-state index is -0.121. The second-order valence-electron chi connectivity index (χ2n) is 5.29. The average Bonchev–Trinajstić information content (AvgIpc) is 2.88. The van der Waals surface area contributed by atoms with E-state index in [2.05, 4.69) is 15.3 Å². The predicted molar refractivity (Wildman–Crippen MR) is 94.5 cm³/mol. The summed E-state index contributed by atoms with van der Waals surface area (Å²) in [6.45, 7) is 1.46. The smallest absolute Gasteiger partial charge is 0.221 e. The van der Waals surface area contributed by atoms with Crippen molar-refractivity contribution >= 4 is 34.4 Å². The van der Waals surface area contributed by atoms with Gasteiger partial charge in [-0.15, -0.1) is 0 Å². The number of hydrogen-bond acceptors (Lipinski definition) is 4. The zero-order chi connectivity index (χ0) is 17.1. The Hall–Kier alpha value is -3.28. The number of amides is 1. The van der Waals surface area contributed by atoms with Gasteiger partial charge in [-0.25, -0.2) is 0 Å². The predicted octanol–water partition coefficient (Wildman–Crippen LogP) is 3.59. The summed E-state index contributed by atoms with van der Waals surface area (Å²) in [4.78, 5) is 18.3. The van der Waals surface area contributed by atoms with E-state index >= 15 is 0 Å². The molecular formula is C18H17N3O3. The second-order valence-corrected chi connectivity index (χ2v) is 5.29. The van der Waals surface area contributed by atoms with Crippen molar-refractivity contribution in [1.82, 2.24) is 4.98 Å². The number of carbonyl (C=O) groups is 1. The van der Waals surface area contributed by atoms with Gasteiger partial charge in [-0.05, 0) is 42.5 Å². The summed E-state index contributed by atoms with van der Waals surface area (Å²) < 4.78 is 5.22. The van der Waals surface area contributed by atoms with E-state index in [1.807, 2.05) is 18.2 Å². The normalized spacial score (nSPS) is 11.1. The summed E-state index contributed by atoms with van der Waals surface area (Å²) >= 11 is 0. The Bertz CT molecular complexity index is 911. The molecule has 0 spiro atoms. The fourth-order valence-corrected chi connectivity index (χ4v) is 2.41. The van der Waals surface area contributed by atoms with Gasteiger partial charge in [0.1, 0.15) is 5.75 Å². The Morgan fingerprint density at radius 3 is 2.67 bits per heavy atom. The molecule has 0 bridgehead atoms. The van der Waals surface area contributed by atoms with Crippen LogP contribution in [0.5, 0.6) is 11.6 Å². The molecule has 2 aromatic carbocycles. The Kier molecular flexibility index (Phi) is 4.20. The zero-order valence-electron chi connectivity index (χ0n) is 13.3. The highest BCUT2D eigenvalue weighted by Crippen LogP contribution is 2.29. The first-order valence-electron chi connectivity index (χ1n) is 7.37. The minimum Gasteiger partial charge on any atom is -0.497 e. The Morgan fingerprint density at radius 2 is 2.00 bits per heavy atom. The number of aromatic hydroxyl groups is 1. The lowest BCUT2D eigenvalue weighted by Crippen LogP contribution is -2.04. The molecule has 0 saturated heterocycles. The Labute approximate surface area is 138 Å². The van der Waals surface area contributed by atoms with Crippen molar-refractivity contribution in [2.24, 2.45) is 4.99 Å². The van der Waals surface area contributed by atoms with Gasteiger partial charge in [-0.2, -0.15) is 0 Å². The van der Waals surface area contributed by atoms with Crippen LogP contribution in [0, 0.1) is 0 Å². The average molecular weight is 323 g/mol. The van der Waals surface area contributed by atoms with Crippen molar-refractivity contribution in [2.75, 3.05) is 12.4 Å². The molecule has 0 aliphatic rings. The van der Waals surface area contributed by atoms with Gasteiger partial charge in [0.05, 0.1) is 18.4 Å². The maximum atomic E-state index is 11.0. The van der Waals surface area contributed by atoms with Crippen LogP contribution < -0.4 is 10.1 Å². The van der Waals surface area contributed by atoms with Gasteiger partial charge in [-0.3, -0.25) is 9.79 Å². The van der Waals surface area contributed by atoms with Gasteiger partial charge in [0.2, 0.25) is 5.91 Å². The lowest BCUT2D eigenvalue weighted by atomic mass is 10.1. The molecule has 6 nitrogen and oxygen atoms in total. The number of nitrogens with zero attached hydrogens (tertiary/aromatic N) is 1. The Morgan fingerprint density at radius 1 is 1.25 bits per heavy atom. The number of ether oxygens (including phenoxy) is 1. The molecule has 0 atom stereocenters. The fraction of sp³-hybridized carbons (Fsp3) is 0.111. The molecule has 0 unspecified atom stereocenters. The molecule has 3 rings (SSSR count). The highest BCUT2D eigenvalue weighted by Gasteiger charge is 2.09. The van der Waals surface area contributed by atoms with E-state index in [1.54, 1.807) is 37.6 Å². The number of fused-ring (bicyclic) bond motifs is 1. The fourth-order valence-electron chi connectivity index (χ4n) is 2.41. The number of benzene rings is 2. The lowest BCUT2D eigenvalue weighted by Gasteiger charge is -2.01. The molecule has 3 aromatic rings. The van der Waals surface area contributed by atoms with Crippen LogP contribution in [0.4, 0.5) is 11.4 Å².